The Morgan fingerprint density at radius 2 is 1.18 bits per heavy atom. The Labute approximate surface area is 295 Å². The van der Waals surface area contributed by atoms with Gasteiger partial charge in [-0.1, -0.05) is 103 Å². The number of fused-ring (bicyclic) bond motifs is 1. The average molecular weight is 655 g/mol. The summed E-state index contributed by atoms with van der Waals surface area (Å²) in [6, 6.07) is 51.9. The Kier molecular flexibility index (Phi) is 8.14. The van der Waals surface area contributed by atoms with Crippen LogP contribution in [0.5, 0.6) is 11.5 Å². The van der Waals surface area contributed by atoms with E-state index in [0.717, 1.165) is 41.8 Å². The first kappa shape index (κ1) is 31.5. The topological polar surface area (TPSA) is 22.2 Å². The average Bonchev–Trinajstić information content (AvgIpc) is 3.60. The van der Waals surface area contributed by atoms with Gasteiger partial charge >= 0.3 is 0 Å². The third kappa shape index (κ3) is 5.90. The Morgan fingerprint density at radius 3 is 1.86 bits per heavy atom. The SMILES string of the molecule is CN1C=CN(c2cccc(Oc3cc(-c4c(-c5ccccc5)cccc4-c4ccccc4)cc(N4CN(C)C(C)(C)c5ccccc54)c3)c2)C1. The zero-order valence-corrected chi connectivity index (χ0v) is 29.1. The van der Waals surface area contributed by atoms with Gasteiger partial charge in [-0.3, -0.25) is 4.90 Å². The monoisotopic (exact) mass is 654 g/mol. The molecule has 0 atom stereocenters. The molecule has 2 aliphatic heterocycles. The second kappa shape index (κ2) is 12.9. The molecule has 5 nitrogen and oxygen atoms in total. The number of hydrogen-bond acceptors (Lipinski definition) is 5. The predicted molar refractivity (Wildman–Crippen MR) is 208 cm³/mol. The number of rotatable bonds is 7. The summed E-state index contributed by atoms with van der Waals surface area (Å²) >= 11 is 0. The summed E-state index contributed by atoms with van der Waals surface area (Å²) in [5, 5.41) is 0. The van der Waals surface area contributed by atoms with Crippen LogP contribution in [0.1, 0.15) is 19.4 Å². The van der Waals surface area contributed by atoms with Gasteiger partial charge in [0, 0.05) is 54.2 Å². The van der Waals surface area contributed by atoms with Gasteiger partial charge in [-0.2, -0.15) is 0 Å². The van der Waals surface area contributed by atoms with Crippen molar-refractivity contribution in [1.29, 1.82) is 0 Å². The molecule has 0 fully saturated rings. The van der Waals surface area contributed by atoms with Crippen molar-refractivity contribution in [2.75, 3.05) is 37.2 Å². The number of ether oxygens (including phenoxy) is 1. The standard InChI is InChI=1S/C45H42N4O/c1-45(2)42-23-11-12-24-43(42)49(32-47(45)4)37-27-35(28-39(30-37)50-38-20-13-19-36(29-38)48-26-25-46(3)31-48)44-40(33-15-7-5-8-16-33)21-14-22-41(44)34-17-9-6-10-18-34/h5-30H,31-32H2,1-4H3. The van der Waals surface area contributed by atoms with Gasteiger partial charge in [0.15, 0.2) is 0 Å². The normalized spacial score (nSPS) is 15.3. The minimum atomic E-state index is -0.108. The molecule has 2 aliphatic rings. The molecule has 8 rings (SSSR count). The van der Waals surface area contributed by atoms with Crippen LogP contribution in [0.3, 0.4) is 0 Å². The van der Waals surface area contributed by atoms with Crippen LogP contribution in [0.15, 0.2) is 158 Å². The number of nitrogens with zero attached hydrogens (tertiary/aromatic N) is 4. The van der Waals surface area contributed by atoms with E-state index in [0.29, 0.717) is 0 Å². The van der Waals surface area contributed by atoms with Gasteiger partial charge in [0.05, 0.1) is 13.3 Å². The molecule has 0 aliphatic carbocycles. The summed E-state index contributed by atoms with van der Waals surface area (Å²) in [6.45, 7) is 6.15. The number of hydrogen-bond donors (Lipinski definition) is 0. The van der Waals surface area contributed by atoms with Crippen LogP contribution in [0.4, 0.5) is 17.1 Å². The molecule has 50 heavy (non-hydrogen) atoms. The molecule has 0 bridgehead atoms. The van der Waals surface area contributed by atoms with Gasteiger partial charge in [0.2, 0.25) is 0 Å². The van der Waals surface area contributed by atoms with Crippen LogP contribution in [-0.2, 0) is 5.54 Å². The maximum atomic E-state index is 6.84. The van der Waals surface area contributed by atoms with E-state index in [2.05, 4.69) is 199 Å². The molecule has 0 amide bonds. The third-order valence-corrected chi connectivity index (χ3v) is 10.1. The summed E-state index contributed by atoms with van der Waals surface area (Å²) in [6.07, 6.45) is 4.20. The summed E-state index contributed by atoms with van der Waals surface area (Å²) < 4.78 is 6.84. The first-order chi connectivity index (χ1) is 24.3. The van der Waals surface area contributed by atoms with E-state index in [4.69, 9.17) is 4.74 Å². The summed E-state index contributed by atoms with van der Waals surface area (Å²) in [5.41, 5.74) is 11.6. The molecular weight excluding hydrogens is 613 g/mol. The van der Waals surface area contributed by atoms with E-state index < -0.39 is 0 Å². The lowest BCUT2D eigenvalue weighted by atomic mass is 9.86. The Balaban J connectivity index is 1.33. The van der Waals surface area contributed by atoms with E-state index in [-0.39, 0.29) is 5.54 Å². The number of anilines is 3. The molecule has 248 valence electrons. The van der Waals surface area contributed by atoms with Gasteiger partial charge in [-0.25, -0.2) is 0 Å². The quantitative estimate of drug-likeness (QED) is 0.170. The molecule has 0 aromatic heterocycles. The van der Waals surface area contributed by atoms with Crippen LogP contribution in [0.2, 0.25) is 0 Å². The highest BCUT2D eigenvalue weighted by molar-refractivity contribution is 5.96. The van der Waals surface area contributed by atoms with Gasteiger partial charge < -0.3 is 19.4 Å². The van der Waals surface area contributed by atoms with Crippen LogP contribution >= 0.6 is 0 Å². The van der Waals surface area contributed by atoms with Crippen molar-refractivity contribution in [3.8, 4) is 44.9 Å². The molecule has 2 heterocycles. The molecular formula is C45H42N4O. The van der Waals surface area contributed by atoms with Gasteiger partial charge in [-0.15, -0.1) is 0 Å². The first-order valence-corrected chi connectivity index (χ1v) is 17.3. The van der Waals surface area contributed by atoms with Crippen molar-refractivity contribution in [2.45, 2.75) is 19.4 Å². The smallest absolute Gasteiger partial charge is 0.130 e. The van der Waals surface area contributed by atoms with E-state index in [1.807, 2.05) is 6.07 Å². The Bertz CT molecular complexity index is 2120. The highest BCUT2D eigenvalue weighted by Gasteiger charge is 2.36. The summed E-state index contributed by atoms with van der Waals surface area (Å²) in [4.78, 5) is 9.22. The second-order valence-electron chi connectivity index (χ2n) is 13.8. The van der Waals surface area contributed by atoms with Crippen LogP contribution < -0.4 is 14.5 Å². The highest BCUT2D eigenvalue weighted by atomic mass is 16.5. The molecule has 6 aromatic carbocycles. The molecule has 0 unspecified atom stereocenters. The third-order valence-electron chi connectivity index (χ3n) is 10.1. The first-order valence-electron chi connectivity index (χ1n) is 17.3. The van der Waals surface area contributed by atoms with Gasteiger partial charge in [-0.05, 0) is 90.2 Å². The lowest BCUT2D eigenvalue weighted by Crippen LogP contribution is -2.49. The highest BCUT2D eigenvalue weighted by Crippen LogP contribution is 2.47. The Hall–Kier alpha value is -5.78. The van der Waals surface area contributed by atoms with Crippen molar-refractivity contribution >= 4 is 17.1 Å². The molecule has 0 saturated carbocycles. The predicted octanol–water partition coefficient (Wildman–Crippen LogP) is 10.9. The fourth-order valence-corrected chi connectivity index (χ4v) is 7.20. The minimum Gasteiger partial charge on any atom is -0.457 e. The maximum absolute atomic E-state index is 6.84. The Morgan fingerprint density at radius 1 is 0.540 bits per heavy atom. The summed E-state index contributed by atoms with van der Waals surface area (Å²) in [5.74, 6) is 1.58. The zero-order valence-electron chi connectivity index (χ0n) is 29.1. The molecule has 0 N–H and O–H groups in total. The fourth-order valence-electron chi connectivity index (χ4n) is 7.20. The van der Waals surface area contributed by atoms with Crippen LogP contribution in [-0.4, -0.2) is 37.2 Å². The van der Waals surface area contributed by atoms with Crippen molar-refractivity contribution in [2.24, 2.45) is 0 Å². The van der Waals surface area contributed by atoms with E-state index in [1.54, 1.807) is 0 Å². The van der Waals surface area contributed by atoms with E-state index in [9.17, 15) is 0 Å². The van der Waals surface area contributed by atoms with Crippen molar-refractivity contribution < 1.29 is 4.74 Å². The molecule has 5 heteroatoms. The molecule has 0 radical (unpaired) electrons. The largest absolute Gasteiger partial charge is 0.457 e. The van der Waals surface area contributed by atoms with E-state index in [1.165, 1.54) is 39.1 Å². The molecule has 0 spiro atoms. The minimum absolute atomic E-state index is 0.108. The molecule has 0 saturated heterocycles. The fraction of sp³-hybridized carbons (Fsp3) is 0.156. The molecule has 6 aromatic rings. The number of para-hydroxylation sites is 1. The van der Waals surface area contributed by atoms with Crippen LogP contribution in [0, 0.1) is 0 Å². The van der Waals surface area contributed by atoms with Crippen molar-refractivity contribution in [1.82, 2.24) is 9.80 Å². The van der Waals surface area contributed by atoms with Crippen molar-refractivity contribution in [3.63, 3.8) is 0 Å². The zero-order chi connectivity index (χ0) is 34.2. The lowest BCUT2D eigenvalue weighted by molar-refractivity contribution is 0.150. The van der Waals surface area contributed by atoms with E-state index >= 15 is 0 Å². The lowest BCUT2D eigenvalue weighted by Gasteiger charge is -2.47. The van der Waals surface area contributed by atoms with Crippen LogP contribution in [0.25, 0.3) is 33.4 Å². The maximum Gasteiger partial charge on any atom is 0.130 e. The van der Waals surface area contributed by atoms with Gasteiger partial charge in [0.1, 0.15) is 11.5 Å². The van der Waals surface area contributed by atoms with Crippen molar-refractivity contribution in [3.05, 3.63) is 164 Å². The van der Waals surface area contributed by atoms with Gasteiger partial charge in [0.25, 0.3) is 0 Å². The second-order valence-corrected chi connectivity index (χ2v) is 13.8. The number of benzene rings is 6. The summed E-state index contributed by atoms with van der Waals surface area (Å²) in [7, 11) is 4.29.